The minimum atomic E-state index is 0.274. The average molecular weight is 228 g/mol. The van der Waals surface area contributed by atoms with Crippen molar-refractivity contribution in [3.63, 3.8) is 0 Å². The second-order valence-corrected chi connectivity index (χ2v) is 4.61. The molecule has 1 aromatic carbocycles. The third kappa shape index (κ3) is 2.11. The fourth-order valence-electron chi connectivity index (χ4n) is 2.34. The minimum Gasteiger partial charge on any atom is -0.488 e. The van der Waals surface area contributed by atoms with Gasteiger partial charge in [-0.05, 0) is 25.1 Å². The average Bonchev–Trinajstić information content (AvgIpc) is 2.75. The number of pyridine rings is 1. The largest absolute Gasteiger partial charge is 0.488 e. The zero-order valence-electron chi connectivity index (χ0n) is 9.89. The lowest BCUT2D eigenvalue weighted by molar-refractivity contribution is 0.223. The molecule has 0 spiro atoms. The highest BCUT2D eigenvalue weighted by atomic mass is 16.5. The first-order valence-corrected chi connectivity index (χ1v) is 6.07. The molecule has 3 heteroatoms. The van der Waals surface area contributed by atoms with Gasteiger partial charge in [-0.15, -0.1) is 0 Å². The van der Waals surface area contributed by atoms with E-state index in [-0.39, 0.29) is 6.10 Å². The standard InChI is InChI=1S/C14H16N2O/c1-10-8-11(9-16-10)17-14-6-7-15-13-5-3-2-4-12(13)14/h2-7,10-11,16H,8-9H2,1H3. The fourth-order valence-corrected chi connectivity index (χ4v) is 2.34. The Labute approximate surface area is 101 Å². The Balaban J connectivity index is 1.90. The normalized spacial score (nSPS) is 24.1. The molecule has 1 saturated heterocycles. The molecule has 0 bridgehead atoms. The second-order valence-electron chi connectivity index (χ2n) is 4.61. The quantitative estimate of drug-likeness (QED) is 0.856. The number of rotatable bonds is 2. The van der Waals surface area contributed by atoms with Gasteiger partial charge in [0.1, 0.15) is 11.9 Å². The molecule has 0 amide bonds. The fraction of sp³-hybridized carbons (Fsp3) is 0.357. The number of fused-ring (bicyclic) bond motifs is 1. The molecule has 3 nitrogen and oxygen atoms in total. The summed E-state index contributed by atoms with van der Waals surface area (Å²) in [6.45, 7) is 3.12. The highest BCUT2D eigenvalue weighted by Crippen LogP contribution is 2.25. The molecular formula is C14H16N2O. The molecule has 1 aliphatic rings. The highest BCUT2D eigenvalue weighted by molar-refractivity contribution is 5.84. The third-order valence-corrected chi connectivity index (χ3v) is 3.21. The maximum absolute atomic E-state index is 6.06. The van der Waals surface area contributed by atoms with E-state index in [0.717, 1.165) is 29.6 Å². The van der Waals surface area contributed by atoms with Crippen LogP contribution in [0.3, 0.4) is 0 Å². The molecule has 1 aromatic heterocycles. The Bertz CT molecular complexity index is 521. The van der Waals surface area contributed by atoms with E-state index in [0.29, 0.717) is 6.04 Å². The maximum atomic E-state index is 6.06. The summed E-state index contributed by atoms with van der Waals surface area (Å²) in [7, 11) is 0. The van der Waals surface area contributed by atoms with Crippen molar-refractivity contribution >= 4 is 10.9 Å². The summed E-state index contributed by atoms with van der Waals surface area (Å²) in [5.74, 6) is 0.941. The van der Waals surface area contributed by atoms with Crippen LogP contribution in [0.4, 0.5) is 0 Å². The van der Waals surface area contributed by atoms with E-state index in [2.05, 4.69) is 23.3 Å². The molecule has 2 atom stereocenters. The first-order chi connectivity index (χ1) is 8.33. The summed E-state index contributed by atoms with van der Waals surface area (Å²) in [5.41, 5.74) is 0.990. The van der Waals surface area contributed by atoms with Crippen LogP contribution in [0, 0.1) is 0 Å². The van der Waals surface area contributed by atoms with Crippen molar-refractivity contribution in [2.75, 3.05) is 6.54 Å². The summed E-state index contributed by atoms with van der Waals surface area (Å²) in [6.07, 6.45) is 3.15. The van der Waals surface area contributed by atoms with Crippen molar-refractivity contribution in [1.82, 2.24) is 10.3 Å². The molecule has 2 aromatic rings. The topological polar surface area (TPSA) is 34.1 Å². The number of nitrogens with zero attached hydrogens (tertiary/aromatic N) is 1. The van der Waals surface area contributed by atoms with Gasteiger partial charge in [-0.25, -0.2) is 0 Å². The van der Waals surface area contributed by atoms with E-state index < -0.39 is 0 Å². The van der Waals surface area contributed by atoms with Crippen molar-refractivity contribution in [1.29, 1.82) is 0 Å². The van der Waals surface area contributed by atoms with E-state index in [9.17, 15) is 0 Å². The lowest BCUT2D eigenvalue weighted by Gasteiger charge is -2.14. The molecule has 1 aliphatic heterocycles. The Hall–Kier alpha value is -1.61. The van der Waals surface area contributed by atoms with Crippen molar-refractivity contribution in [3.05, 3.63) is 36.5 Å². The van der Waals surface area contributed by atoms with Gasteiger partial charge in [0.05, 0.1) is 5.52 Å². The minimum absolute atomic E-state index is 0.274. The van der Waals surface area contributed by atoms with E-state index in [4.69, 9.17) is 4.74 Å². The Morgan fingerprint density at radius 2 is 2.18 bits per heavy atom. The maximum Gasteiger partial charge on any atom is 0.130 e. The van der Waals surface area contributed by atoms with Gasteiger partial charge in [0.25, 0.3) is 0 Å². The van der Waals surface area contributed by atoms with Crippen LogP contribution in [0.5, 0.6) is 5.75 Å². The van der Waals surface area contributed by atoms with Crippen molar-refractivity contribution in [3.8, 4) is 5.75 Å². The first-order valence-electron chi connectivity index (χ1n) is 6.07. The zero-order valence-corrected chi connectivity index (χ0v) is 9.89. The molecule has 3 rings (SSSR count). The highest BCUT2D eigenvalue weighted by Gasteiger charge is 2.22. The molecular weight excluding hydrogens is 212 g/mol. The summed E-state index contributed by atoms with van der Waals surface area (Å²) >= 11 is 0. The van der Waals surface area contributed by atoms with Gasteiger partial charge in [0.2, 0.25) is 0 Å². The van der Waals surface area contributed by atoms with Crippen molar-refractivity contribution in [2.24, 2.45) is 0 Å². The van der Waals surface area contributed by atoms with Crippen LogP contribution < -0.4 is 10.1 Å². The molecule has 88 valence electrons. The number of para-hydroxylation sites is 1. The lowest BCUT2D eigenvalue weighted by Crippen LogP contribution is -2.20. The molecule has 2 unspecified atom stereocenters. The Kier molecular flexibility index (Phi) is 2.69. The smallest absolute Gasteiger partial charge is 0.130 e. The van der Waals surface area contributed by atoms with Crippen LogP contribution in [0.25, 0.3) is 10.9 Å². The van der Waals surface area contributed by atoms with Crippen LogP contribution in [0.1, 0.15) is 13.3 Å². The number of hydrogen-bond donors (Lipinski definition) is 1. The van der Waals surface area contributed by atoms with Gasteiger partial charge >= 0.3 is 0 Å². The number of hydrogen-bond acceptors (Lipinski definition) is 3. The number of aromatic nitrogens is 1. The SMILES string of the molecule is CC1CC(Oc2ccnc3ccccc23)CN1. The van der Waals surface area contributed by atoms with Gasteiger partial charge < -0.3 is 10.1 Å². The predicted octanol–water partition coefficient (Wildman–Crippen LogP) is 2.36. The van der Waals surface area contributed by atoms with Gasteiger partial charge in [-0.2, -0.15) is 0 Å². The number of nitrogens with one attached hydrogen (secondary N) is 1. The summed E-state index contributed by atoms with van der Waals surface area (Å²) in [5, 5.41) is 4.49. The molecule has 17 heavy (non-hydrogen) atoms. The van der Waals surface area contributed by atoms with Crippen LogP contribution in [-0.2, 0) is 0 Å². The van der Waals surface area contributed by atoms with Crippen LogP contribution in [0.2, 0.25) is 0 Å². The van der Waals surface area contributed by atoms with Crippen LogP contribution in [-0.4, -0.2) is 23.7 Å². The van der Waals surface area contributed by atoms with Crippen molar-refractivity contribution in [2.45, 2.75) is 25.5 Å². The summed E-state index contributed by atoms with van der Waals surface area (Å²) in [6, 6.07) is 10.6. The van der Waals surface area contributed by atoms with Crippen LogP contribution >= 0.6 is 0 Å². The summed E-state index contributed by atoms with van der Waals surface area (Å²) < 4.78 is 6.06. The first kappa shape index (κ1) is 10.5. The molecule has 0 saturated carbocycles. The predicted molar refractivity (Wildman–Crippen MR) is 68.2 cm³/mol. The Morgan fingerprint density at radius 3 is 3.00 bits per heavy atom. The second kappa shape index (κ2) is 4.34. The molecule has 2 heterocycles. The van der Waals surface area contributed by atoms with Gasteiger partial charge in [-0.3, -0.25) is 4.98 Å². The van der Waals surface area contributed by atoms with Gasteiger partial charge in [0.15, 0.2) is 0 Å². The molecule has 1 N–H and O–H groups in total. The monoisotopic (exact) mass is 228 g/mol. The Morgan fingerprint density at radius 1 is 1.29 bits per heavy atom. The lowest BCUT2D eigenvalue weighted by atomic mass is 10.2. The molecule has 0 aliphatic carbocycles. The molecule has 0 radical (unpaired) electrons. The van der Waals surface area contributed by atoms with Crippen LogP contribution in [0.15, 0.2) is 36.5 Å². The summed E-state index contributed by atoms with van der Waals surface area (Å²) in [4.78, 5) is 4.34. The zero-order chi connectivity index (χ0) is 11.7. The van der Waals surface area contributed by atoms with Gasteiger partial charge in [-0.1, -0.05) is 12.1 Å². The van der Waals surface area contributed by atoms with E-state index >= 15 is 0 Å². The van der Waals surface area contributed by atoms with E-state index in [1.165, 1.54) is 0 Å². The molecule has 1 fully saturated rings. The third-order valence-electron chi connectivity index (χ3n) is 3.21. The number of benzene rings is 1. The van der Waals surface area contributed by atoms with Crippen molar-refractivity contribution < 1.29 is 4.74 Å². The number of ether oxygens (including phenoxy) is 1. The van der Waals surface area contributed by atoms with Gasteiger partial charge in [0, 0.05) is 30.6 Å². The van der Waals surface area contributed by atoms with E-state index in [1.807, 2.05) is 30.5 Å². The van der Waals surface area contributed by atoms with E-state index in [1.54, 1.807) is 0 Å².